The highest BCUT2D eigenvalue weighted by Gasteiger charge is 2.05. The minimum atomic E-state index is 0.837. The summed E-state index contributed by atoms with van der Waals surface area (Å²) in [6.45, 7) is 0. The van der Waals surface area contributed by atoms with Crippen molar-refractivity contribution in [3.8, 4) is 22.3 Å². The topological polar surface area (TPSA) is 52.0 Å². The van der Waals surface area contributed by atoms with Gasteiger partial charge in [0.15, 0.2) is 0 Å². The molecule has 0 unspecified atom stereocenters. The molecule has 5 aromatic rings. The van der Waals surface area contributed by atoms with Gasteiger partial charge in [0.1, 0.15) is 0 Å². The van der Waals surface area contributed by atoms with Gasteiger partial charge in [-0.25, -0.2) is 0 Å². The maximum absolute atomic E-state index is 6.07. The minimum absolute atomic E-state index is 0.837. The fourth-order valence-corrected chi connectivity index (χ4v) is 5.86. The van der Waals surface area contributed by atoms with Crippen molar-refractivity contribution in [2.24, 2.45) is 0 Å². The van der Waals surface area contributed by atoms with Crippen LogP contribution in [-0.4, -0.2) is 0 Å². The number of anilines is 2. The van der Waals surface area contributed by atoms with Gasteiger partial charge in [0, 0.05) is 32.7 Å². The smallest absolute Gasteiger partial charge is 0.0452 e. The van der Waals surface area contributed by atoms with Crippen LogP contribution < -0.4 is 11.5 Å². The lowest BCUT2D eigenvalue weighted by atomic mass is 9.98. The molecule has 0 bridgehead atoms. The first-order chi connectivity index (χ1) is 17.7. The summed E-state index contributed by atoms with van der Waals surface area (Å²) in [5, 5.41) is 0. The highest BCUT2D eigenvalue weighted by atomic mass is 32.2. The van der Waals surface area contributed by atoms with Gasteiger partial charge < -0.3 is 11.5 Å². The molecule has 36 heavy (non-hydrogen) atoms. The summed E-state index contributed by atoms with van der Waals surface area (Å²) in [4.78, 5) is 2.26. The molecule has 5 rings (SSSR count). The highest BCUT2D eigenvalue weighted by Crippen LogP contribution is 2.31. The van der Waals surface area contributed by atoms with Crippen molar-refractivity contribution in [3.05, 3.63) is 132 Å². The predicted octanol–water partition coefficient (Wildman–Crippen LogP) is 8.77. The summed E-state index contributed by atoms with van der Waals surface area (Å²) in [5.74, 6) is 1.80. The van der Waals surface area contributed by atoms with Crippen LogP contribution in [0.25, 0.3) is 22.3 Å². The summed E-state index contributed by atoms with van der Waals surface area (Å²) in [7, 11) is 0. The first-order valence-corrected chi connectivity index (χ1v) is 13.9. The van der Waals surface area contributed by atoms with Crippen LogP contribution in [0.4, 0.5) is 11.4 Å². The van der Waals surface area contributed by atoms with Gasteiger partial charge >= 0.3 is 0 Å². The van der Waals surface area contributed by atoms with Gasteiger partial charge in [-0.1, -0.05) is 91.0 Å². The molecule has 0 radical (unpaired) electrons. The molecule has 4 N–H and O–H groups in total. The number of nitrogen functional groups attached to an aromatic ring is 2. The second-order valence-electron chi connectivity index (χ2n) is 8.63. The Balaban J connectivity index is 1.24. The van der Waals surface area contributed by atoms with Crippen molar-refractivity contribution in [3.63, 3.8) is 0 Å². The Bertz CT molecular complexity index is 1340. The van der Waals surface area contributed by atoms with Crippen LogP contribution in [-0.2, 0) is 11.5 Å². The molecule has 0 saturated heterocycles. The molecule has 0 amide bonds. The van der Waals surface area contributed by atoms with Crippen LogP contribution >= 0.6 is 23.5 Å². The molecule has 0 aliphatic carbocycles. The van der Waals surface area contributed by atoms with Crippen molar-refractivity contribution in [2.75, 3.05) is 11.5 Å². The zero-order valence-corrected chi connectivity index (χ0v) is 21.6. The summed E-state index contributed by atoms with van der Waals surface area (Å²) >= 11 is 3.55. The first kappa shape index (κ1) is 24.1. The Morgan fingerprint density at radius 3 is 1.25 bits per heavy atom. The molecule has 4 heteroatoms. The van der Waals surface area contributed by atoms with E-state index in [1.165, 1.54) is 33.4 Å². The van der Waals surface area contributed by atoms with Crippen molar-refractivity contribution < 1.29 is 0 Å². The number of hydrogen-bond acceptors (Lipinski definition) is 4. The third kappa shape index (κ3) is 5.96. The second-order valence-corrected chi connectivity index (χ2v) is 10.7. The largest absolute Gasteiger partial charge is 0.398 e. The van der Waals surface area contributed by atoms with E-state index >= 15 is 0 Å². The van der Waals surface area contributed by atoms with Crippen molar-refractivity contribution in [1.29, 1.82) is 0 Å². The van der Waals surface area contributed by atoms with Crippen molar-refractivity contribution in [1.82, 2.24) is 0 Å². The van der Waals surface area contributed by atoms with Crippen LogP contribution in [0.5, 0.6) is 0 Å². The molecular formula is C32H28N2S2. The number of para-hydroxylation sites is 2. The monoisotopic (exact) mass is 504 g/mol. The van der Waals surface area contributed by atoms with E-state index in [-0.39, 0.29) is 0 Å². The molecule has 5 aromatic carbocycles. The quantitative estimate of drug-likeness (QED) is 0.164. The van der Waals surface area contributed by atoms with E-state index in [1.807, 2.05) is 36.4 Å². The summed E-state index contributed by atoms with van der Waals surface area (Å²) in [6.07, 6.45) is 0. The van der Waals surface area contributed by atoms with Gasteiger partial charge in [0.2, 0.25) is 0 Å². The Morgan fingerprint density at radius 2 is 0.833 bits per heavy atom. The van der Waals surface area contributed by atoms with Crippen LogP contribution in [0.3, 0.4) is 0 Å². The minimum Gasteiger partial charge on any atom is -0.398 e. The fourth-order valence-electron chi connectivity index (χ4n) is 4.01. The van der Waals surface area contributed by atoms with Crippen LogP contribution in [0, 0.1) is 0 Å². The Morgan fingerprint density at radius 1 is 0.417 bits per heavy atom. The van der Waals surface area contributed by atoms with E-state index in [9.17, 15) is 0 Å². The molecule has 0 spiro atoms. The molecule has 0 heterocycles. The molecule has 0 fully saturated rings. The number of thioether (sulfide) groups is 2. The summed E-state index contributed by atoms with van der Waals surface area (Å²) in [6, 6.07) is 42.5. The molecule has 0 aliphatic rings. The first-order valence-electron chi connectivity index (χ1n) is 11.9. The van der Waals surface area contributed by atoms with Gasteiger partial charge in [0.05, 0.1) is 0 Å². The van der Waals surface area contributed by atoms with E-state index in [0.717, 1.165) is 32.7 Å². The van der Waals surface area contributed by atoms with Gasteiger partial charge in [-0.2, -0.15) is 0 Å². The zero-order valence-electron chi connectivity index (χ0n) is 19.9. The lowest BCUT2D eigenvalue weighted by molar-refractivity contribution is 1.38. The maximum atomic E-state index is 6.07. The molecule has 178 valence electrons. The summed E-state index contributed by atoms with van der Waals surface area (Å²) < 4.78 is 0. The number of benzene rings is 5. The van der Waals surface area contributed by atoms with E-state index in [1.54, 1.807) is 23.5 Å². The number of rotatable bonds is 8. The fraction of sp³-hybridized carbons (Fsp3) is 0.0625. The van der Waals surface area contributed by atoms with Crippen molar-refractivity contribution >= 4 is 34.9 Å². The predicted molar refractivity (Wildman–Crippen MR) is 158 cm³/mol. The zero-order chi connectivity index (χ0) is 24.7. The third-order valence-corrected chi connectivity index (χ3v) is 8.38. The van der Waals surface area contributed by atoms with Gasteiger partial charge in [0.25, 0.3) is 0 Å². The SMILES string of the molecule is Nc1ccccc1SCc1ccc(-c2cccc(-c3ccc(CSc4ccccc4N)cc3)c2)cc1. The van der Waals surface area contributed by atoms with E-state index < -0.39 is 0 Å². The molecule has 0 saturated carbocycles. The van der Waals surface area contributed by atoms with Gasteiger partial charge in [-0.05, 0) is 63.7 Å². The summed E-state index contributed by atoms with van der Waals surface area (Å²) in [5.41, 5.74) is 21.3. The Kier molecular flexibility index (Phi) is 7.65. The number of nitrogens with two attached hydrogens (primary N) is 2. The molecule has 2 nitrogen and oxygen atoms in total. The standard InChI is InChI=1S/C32H28N2S2/c33-29-8-1-3-10-31(29)35-21-23-12-16-25(17-13-23)27-6-5-7-28(20-27)26-18-14-24(15-19-26)22-36-32-11-4-2-9-30(32)34/h1-20H,21-22,33-34H2. The molecule has 0 aromatic heterocycles. The van der Waals surface area contributed by atoms with Crippen molar-refractivity contribution in [2.45, 2.75) is 21.3 Å². The highest BCUT2D eigenvalue weighted by molar-refractivity contribution is 7.99. The lowest BCUT2D eigenvalue weighted by Gasteiger charge is -2.09. The van der Waals surface area contributed by atoms with E-state index in [2.05, 4.69) is 84.9 Å². The average molecular weight is 505 g/mol. The average Bonchev–Trinajstić information content (AvgIpc) is 2.93. The van der Waals surface area contributed by atoms with Crippen LogP contribution in [0.2, 0.25) is 0 Å². The third-order valence-electron chi connectivity index (χ3n) is 6.06. The number of hydrogen-bond donors (Lipinski definition) is 2. The normalized spacial score (nSPS) is 10.9. The molecule has 0 atom stereocenters. The van der Waals surface area contributed by atoms with Gasteiger partial charge in [-0.15, -0.1) is 23.5 Å². The van der Waals surface area contributed by atoms with E-state index in [0.29, 0.717) is 0 Å². The lowest BCUT2D eigenvalue weighted by Crippen LogP contribution is -1.89. The van der Waals surface area contributed by atoms with Crippen LogP contribution in [0.15, 0.2) is 131 Å². The Hall–Kier alpha value is -3.60. The maximum Gasteiger partial charge on any atom is 0.0452 e. The van der Waals surface area contributed by atoms with Gasteiger partial charge in [-0.3, -0.25) is 0 Å². The Labute approximate surface area is 221 Å². The van der Waals surface area contributed by atoms with E-state index in [4.69, 9.17) is 11.5 Å². The molecular weight excluding hydrogens is 477 g/mol. The molecule has 0 aliphatic heterocycles. The second kappa shape index (κ2) is 11.4. The van der Waals surface area contributed by atoms with Crippen LogP contribution in [0.1, 0.15) is 11.1 Å².